The summed E-state index contributed by atoms with van der Waals surface area (Å²) in [4.78, 5) is 3.77. The average molecular weight is 212 g/mol. The Morgan fingerprint density at radius 1 is 1.57 bits per heavy atom. The van der Waals surface area contributed by atoms with Crippen molar-refractivity contribution < 1.29 is 0 Å². The Hall–Kier alpha value is -0.380. The van der Waals surface area contributed by atoms with Crippen molar-refractivity contribution in [2.24, 2.45) is 5.73 Å². The second kappa shape index (κ2) is 5.49. The lowest BCUT2D eigenvalue weighted by molar-refractivity contribution is 0.253. The normalized spacial score (nSPS) is 13.5. The van der Waals surface area contributed by atoms with Crippen molar-refractivity contribution in [3.8, 4) is 0 Å². The molecule has 1 unspecified atom stereocenters. The molecule has 0 aliphatic carbocycles. The lowest BCUT2D eigenvalue weighted by Crippen LogP contribution is -2.30. The maximum absolute atomic E-state index is 5.83. The molecule has 0 aliphatic rings. The van der Waals surface area contributed by atoms with Crippen LogP contribution in [0.3, 0.4) is 0 Å². The van der Waals surface area contributed by atoms with Crippen LogP contribution in [0, 0.1) is 6.92 Å². The average Bonchev–Trinajstić information content (AvgIpc) is 2.54. The van der Waals surface area contributed by atoms with E-state index in [9.17, 15) is 0 Å². The first-order valence-electron chi connectivity index (χ1n) is 5.15. The Labute approximate surface area is 90.7 Å². The highest BCUT2D eigenvalue weighted by molar-refractivity contribution is 7.10. The molecule has 80 valence electrons. The number of hydrogen-bond donors (Lipinski definition) is 1. The largest absolute Gasteiger partial charge is 0.329 e. The Morgan fingerprint density at radius 3 is 2.71 bits per heavy atom. The van der Waals surface area contributed by atoms with Gasteiger partial charge < -0.3 is 5.73 Å². The van der Waals surface area contributed by atoms with Crippen LogP contribution in [0.2, 0.25) is 0 Å². The van der Waals surface area contributed by atoms with Gasteiger partial charge in [-0.05, 0) is 43.9 Å². The van der Waals surface area contributed by atoms with Crippen LogP contribution in [0.1, 0.15) is 29.8 Å². The summed E-state index contributed by atoms with van der Waals surface area (Å²) in [7, 11) is 2.15. The van der Waals surface area contributed by atoms with Crippen molar-refractivity contribution >= 4 is 11.3 Å². The first-order valence-corrected chi connectivity index (χ1v) is 6.03. The summed E-state index contributed by atoms with van der Waals surface area (Å²) in [6.45, 7) is 6.18. The van der Waals surface area contributed by atoms with Crippen LogP contribution >= 0.6 is 11.3 Å². The second-order valence-electron chi connectivity index (χ2n) is 3.70. The maximum Gasteiger partial charge on any atom is 0.0564 e. The van der Waals surface area contributed by atoms with Crippen molar-refractivity contribution in [3.05, 3.63) is 21.9 Å². The van der Waals surface area contributed by atoms with Crippen LogP contribution in [-0.2, 0) is 0 Å². The molecule has 3 heteroatoms. The number of nitrogens with zero attached hydrogens (tertiary/aromatic N) is 1. The molecule has 0 aromatic carbocycles. The lowest BCUT2D eigenvalue weighted by atomic mass is 10.1. The van der Waals surface area contributed by atoms with Gasteiger partial charge in [0.25, 0.3) is 0 Å². The smallest absolute Gasteiger partial charge is 0.0564 e. The van der Waals surface area contributed by atoms with E-state index in [1.54, 1.807) is 0 Å². The summed E-state index contributed by atoms with van der Waals surface area (Å²) in [5.41, 5.74) is 7.20. The minimum Gasteiger partial charge on any atom is -0.329 e. The molecule has 1 aromatic rings. The topological polar surface area (TPSA) is 29.3 Å². The number of likely N-dealkylation sites (N-methyl/N-ethyl adjacent to an activating group) is 1. The van der Waals surface area contributed by atoms with Crippen LogP contribution in [0.25, 0.3) is 0 Å². The maximum atomic E-state index is 5.83. The standard InChI is InChI=1S/C11H20N2S/c1-4-6-13(3)10(8-12)11-9(2)5-7-14-11/h5,7,10H,4,6,8,12H2,1-3H3. The first kappa shape index (κ1) is 11.7. The fraction of sp³-hybridized carbons (Fsp3) is 0.636. The molecule has 2 N–H and O–H groups in total. The minimum absolute atomic E-state index is 0.398. The van der Waals surface area contributed by atoms with E-state index in [4.69, 9.17) is 5.73 Å². The number of aryl methyl sites for hydroxylation is 1. The van der Waals surface area contributed by atoms with Gasteiger partial charge >= 0.3 is 0 Å². The quantitative estimate of drug-likeness (QED) is 0.812. The predicted octanol–water partition coefficient (Wildman–Crippen LogP) is 2.40. The van der Waals surface area contributed by atoms with E-state index < -0.39 is 0 Å². The number of rotatable bonds is 5. The van der Waals surface area contributed by atoms with Gasteiger partial charge in [0.1, 0.15) is 0 Å². The van der Waals surface area contributed by atoms with Crippen LogP contribution in [0.15, 0.2) is 11.4 Å². The fourth-order valence-corrected chi connectivity index (χ4v) is 2.83. The SMILES string of the molecule is CCCN(C)C(CN)c1sccc1C. The van der Waals surface area contributed by atoms with Crippen molar-refractivity contribution in [2.45, 2.75) is 26.3 Å². The first-order chi connectivity index (χ1) is 6.70. The molecule has 0 saturated carbocycles. The summed E-state index contributed by atoms with van der Waals surface area (Å²) in [6.07, 6.45) is 1.18. The number of nitrogens with two attached hydrogens (primary N) is 1. The van der Waals surface area contributed by atoms with Crippen LogP contribution in [0.4, 0.5) is 0 Å². The molecule has 0 amide bonds. The third-order valence-corrected chi connectivity index (χ3v) is 3.66. The zero-order valence-electron chi connectivity index (χ0n) is 9.29. The zero-order chi connectivity index (χ0) is 10.6. The molecule has 0 spiro atoms. The zero-order valence-corrected chi connectivity index (χ0v) is 10.1. The molecule has 0 fully saturated rings. The highest BCUT2D eigenvalue weighted by atomic mass is 32.1. The van der Waals surface area contributed by atoms with Crippen molar-refractivity contribution in [1.29, 1.82) is 0 Å². The van der Waals surface area contributed by atoms with E-state index >= 15 is 0 Å². The molecule has 0 bridgehead atoms. The van der Waals surface area contributed by atoms with E-state index in [0.717, 1.165) is 6.54 Å². The van der Waals surface area contributed by atoms with E-state index in [2.05, 4.69) is 37.2 Å². The molecule has 1 aromatic heterocycles. The Morgan fingerprint density at radius 2 is 2.29 bits per heavy atom. The molecule has 0 saturated heterocycles. The minimum atomic E-state index is 0.398. The van der Waals surface area contributed by atoms with Gasteiger partial charge in [0.15, 0.2) is 0 Å². The van der Waals surface area contributed by atoms with Gasteiger partial charge in [-0.15, -0.1) is 11.3 Å². The number of thiophene rings is 1. The summed E-state index contributed by atoms with van der Waals surface area (Å²) in [5, 5.41) is 2.15. The summed E-state index contributed by atoms with van der Waals surface area (Å²) in [6, 6.07) is 2.57. The van der Waals surface area contributed by atoms with Crippen LogP contribution in [-0.4, -0.2) is 25.0 Å². The molecule has 0 radical (unpaired) electrons. The van der Waals surface area contributed by atoms with Gasteiger partial charge in [0, 0.05) is 11.4 Å². The van der Waals surface area contributed by atoms with Gasteiger partial charge in [-0.2, -0.15) is 0 Å². The van der Waals surface area contributed by atoms with Gasteiger partial charge in [0.2, 0.25) is 0 Å². The van der Waals surface area contributed by atoms with E-state index in [-0.39, 0.29) is 0 Å². The van der Waals surface area contributed by atoms with Crippen molar-refractivity contribution in [3.63, 3.8) is 0 Å². The van der Waals surface area contributed by atoms with E-state index in [1.807, 2.05) is 11.3 Å². The summed E-state index contributed by atoms with van der Waals surface area (Å²) < 4.78 is 0. The lowest BCUT2D eigenvalue weighted by Gasteiger charge is -2.26. The number of hydrogen-bond acceptors (Lipinski definition) is 3. The Balaban J connectivity index is 2.76. The molecular formula is C11H20N2S. The fourth-order valence-electron chi connectivity index (χ4n) is 1.72. The molecule has 14 heavy (non-hydrogen) atoms. The molecular weight excluding hydrogens is 192 g/mol. The predicted molar refractivity (Wildman–Crippen MR) is 63.8 cm³/mol. The molecule has 1 rings (SSSR count). The van der Waals surface area contributed by atoms with Gasteiger partial charge in [-0.1, -0.05) is 6.92 Å². The van der Waals surface area contributed by atoms with Gasteiger partial charge in [-0.25, -0.2) is 0 Å². The molecule has 1 atom stereocenters. The van der Waals surface area contributed by atoms with Crippen LogP contribution in [0.5, 0.6) is 0 Å². The van der Waals surface area contributed by atoms with Crippen molar-refractivity contribution in [2.75, 3.05) is 20.1 Å². The Bertz CT molecular complexity index is 270. The molecule has 2 nitrogen and oxygen atoms in total. The van der Waals surface area contributed by atoms with Gasteiger partial charge in [0.05, 0.1) is 6.04 Å². The van der Waals surface area contributed by atoms with E-state index in [0.29, 0.717) is 12.6 Å². The van der Waals surface area contributed by atoms with Crippen molar-refractivity contribution in [1.82, 2.24) is 4.90 Å². The third-order valence-electron chi connectivity index (χ3n) is 2.54. The highest BCUT2D eigenvalue weighted by Gasteiger charge is 2.17. The van der Waals surface area contributed by atoms with Crippen LogP contribution < -0.4 is 5.73 Å². The molecule has 1 heterocycles. The summed E-state index contributed by atoms with van der Waals surface area (Å²) in [5.74, 6) is 0. The Kier molecular flexibility index (Phi) is 4.58. The van der Waals surface area contributed by atoms with Gasteiger partial charge in [-0.3, -0.25) is 4.90 Å². The molecule has 0 aliphatic heterocycles. The third kappa shape index (κ3) is 2.56. The monoisotopic (exact) mass is 212 g/mol. The second-order valence-corrected chi connectivity index (χ2v) is 4.65. The summed E-state index contributed by atoms with van der Waals surface area (Å²) >= 11 is 1.81. The van der Waals surface area contributed by atoms with E-state index in [1.165, 1.54) is 16.9 Å². The highest BCUT2D eigenvalue weighted by Crippen LogP contribution is 2.27.